The number of aromatic nitrogens is 1. The van der Waals surface area contributed by atoms with Gasteiger partial charge in [-0.2, -0.15) is 0 Å². The molecule has 1 aromatic heterocycles. The molecule has 9 heteroatoms. The number of hydrogen-bond acceptors (Lipinski definition) is 5. The Bertz CT molecular complexity index is 699. The summed E-state index contributed by atoms with van der Waals surface area (Å²) < 4.78 is 0. The van der Waals surface area contributed by atoms with E-state index in [2.05, 4.69) is 25.6 Å². The summed E-state index contributed by atoms with van der Waals surface area (Å²) in [5.41, 5.74) is 0.406. The molecule has 0 spiro atoms. The van der Waals surface area contributed by atoms with Crippen molar-refractivity contribution in [2.45, 2.75) is 5.92 Å². The van der Waals surface area contributed by atoms with Gasteiger partial charge in [0, 0.05) is 18.3 Å². The minimum absolute atomic E-state index is 0.406. The highest BCUT2D eigenvalue weighted by Gasteiger charge is 2.47. The first-order valence-corrected chi connectivity index (χ1v) is 6.73. The summed E-state index contributed by atoms with van der Waals surface area (Å²) in [6, 6.07) is 3.18. The number of carbonyl (C=O) groups excluding carboxylic acids is 4. The number of pyridine rings is 1. The maximum Gasteiger partial charge on any atom is 0.260 e. The van der Waals surface area contributed by atoms with Crippen molar-refractivity contribution in [3.63, 3.8) is 0 Å². The van der Waals surface area contributed by atoms with Gasteiger partial charge in [0.25, 0.3) is 11.8 Å². The second-order valence-corrected chi connectivity index (χ2v) is 4.98. The SMILES string of the molecule is O=C1N=CNC(=O)C1C(c1cccnc1)C1C(=O)N=CNC1=O. The second kappa shape index (κ2) is 5.87. The van der Waals surface area contributed by atoms with Gasteiger partial charge in [-0.3, -0.25) is 24.2 Å². The van der Waals surface area contributed by atoms with Crippen molar-refractivity contribution in [2.75, 3.05) is 0 Å². The Labute approximate surface area is 129 Å². The Morgan fingerprint density at radius 2 is 1.48 bits per heavy atom. The molecule has 0 saturated carbocycles. The number of nitrogens with zero attached hydrogens (tertiary/aromatic N) is 3. The number of hydrogen-bond donors (Lipinski definition) is 2. The fourth-order valence-electron chi connectivity index (χ4n) is 2.67. The van der Waals surface area contributed by atoms with E-state index in [4.69, 9.17) is 0 Å². The van der Waals surface area contributed by atoms with Crippen molar-refractivity contribution < 1.29 is 19.2 Å². The van der Waals surface area contributed by atoms with Gasteiger partial charge in [-0.1, -0.05) is 6.07 Å². The average molecular weight is 313 g/mol. The van der Waals surface area contributed by atoms with E-state index in [0.29, 0.717) is 5.56 Å². The lowest BCUT2D eigenvalue weighted by Gasteiger charge is -2.30. The van der Waals surface area contributed by atoms with Crippen LogP contribution in [-0.2, 0) is 19.2 Å². The molecule has 2 aliphatic rings. The fraction of sp³-hybridized carbons (Fsp3) is 0.214. The third-order valence-corrected chi connectivity index (χ3v) is 3.68. The van der Waals surface area contributed by atoms with Crippen molar-refractivity contribution in [1.29, 1.82) is 0 Å². The first-order chi connectivity index (χ1) is 11.1. The van der Waals surface area contributed by atoms with Crippen LogP contribution in [0.4, 0.5) is 0 Å². The lowest BCUT2D eigenvalue weighted by Crippen LogP contribution is -2.49. The standard InChI is InChI=1S/C14H11N5O4/c20-11-9(12(21)17-5-16-11)8(7-2-1-3-15-4-7)10-13(22)18-6-19-14(10)23/h1-6,8-10H,(H,16,17,20,21)(H,18,19,22,23). The van der Waals surface area contributed by atoms with E-state index in [9.17, 15) is 19.2 Å². The van der Waals surface area contributed by atoms with Crippen LogP contribution in [0.2, 0.25) is 0 Å². The Balaban J connectivity index is 2.11. The monoisotopic (exact) mass is 313 g/mol. The molecule has 0 radical (unpaired) electrons. The van der Waals surface area contributed by atoms with Gasteiger partial charge in [0.1, 0.15) is 11.8 Å². The molecule has 0 saturated heterocycles. The molecular weight excluding hydrogens is 302 g/mol. The highest BCUT2D eigenvalue weighted by Crippen LogP contribution is 2.35. The first kappa shape index (κ1) is 14.7. The smallest absolute Gasteiger partial charge is 0.260 e. The van der Waals surface area contributed by atoms with Gasteiger partial charge < -0.3 is 10.6 Å². The molecule has 23 heavy (non-hydrogen) atoms. The van der Waals surface area contributed by atoms with Crippen LogP contribution in [0.15, 0.2) is 34.5 Å². The predicted octanol–water partition coefficient (Wildman–Crippen LogP) is -1.23. The molecule has 4 amide bonds. The topological polar surface area (TPSA) is 130 Å². The van der Waals surface area contributed by atoms with Gasteiger partial charge in [-0.15, -0.1) is 0 Å². The zero-order valence-electron chi connectivity index (χ0n) is 11.7. The van der Waals surface area contributed by atoms with Gasteiger partial charge >= 0.3 is 0 Å². The lowest BCUT2D eigenvalue weighted by atomic mass is 9.75. The van der Waals surface area contributed by atoms with Crippen molar-refractivity contribution in [1.82, 2.24) is 15.6 Å². The summed E-state index contributed by atoms with van der Waals surface area (Å²) in [7, 11) is 0. The molecule has 2 N–H and O–H groups in total. The van der Waals surface area contributed by atoms with E-state index in [1.807, 2.05) is 0 Å². The molecule has 0 bridgehead atoms. The van der Waals surface area contributed by atoms with Crippen molar-refractivity contribution in [3.8, 4) is 0 Å². The zero-order valence-corrected chi connectivity index (χ0v) is 11.7. The van der Waals surface area contributed by atoms with Gasteiger partial charge in [-0.05, 0) is 11.6 Å². The summed E-state index contributed by atoms with van der Waals surface area (Å²) in [6.07, 6.45) is 4.88. The molecule has 2 unspecified atom stereocenters. The van der Waals surface area contributed by atoms with E-state index in [1.165, 1.54) is 12.4 Å². The van der Waals surface area contributed by atoms with Crippen LogP contribution in [0.5, 0.6) is 0 Å². The Morgan fingerprint density at radius 1 is 0.913 bits per heavy atom. The van der Waals surface area contributed by atoms with E-state index in [0.717, 1.165) is 12.7 Å². The minimum atomic E-state index is -1.31. The summed E-state index contributed by atoms with van der Waals surface area (Å²) in [4.78, 5) is 59.6. The molecule has 116 valence electrons. The van der Waals surface area contributed by atoms with Crippen LogP contribution in [-0.4, -0.2) is 41.3 Å². The normalized spacial score (nSPS) is 25.0. The quantitative estimate of drug-likeness (QED) is 0.675. The Morgan fingerprint density at radius 3 is 1.91 bits per heavy atom. The molecule has 3 rings (SSSR count). The van der Waals surface area contributed by atoms with Gasteiger partial charge in [0.15, 0.2) is 0 Å². The highest BCUT2D eigenvalue weighted by atomic mass is 16.2. The highest BCUT2D eigenvalue weighted by molar-refractivity contribution is 6.15. The van der Waals surface area contributed by atoms with Gasteiger partial charge in [-0.25, -0.2) is 9.98 Å². The van der Waals surface area contributed by atoms with Crippen LogP contribution in [0.25, 0.3) is 0 Å². The van der Waals surface area contributed by atoms with E-state index in [1.54, 1.807) is 12.1 Å². The number of rotatable bonds is 3. The van der Waals surface area contributed by atoms with Crippen molar-refractivity contribution >= 4 is 36.3 Å². The molecular formula is C14H11N5O4. The Kier molecular flexibility index (Phi) is 3.75. The van der Waals surface area contributed by atoms with E-state index >= 15 is 0 Å². The molecule has 0 fully saturated rings. The van der Waals surface area contributed by atoms with Crippen LogP contribution in [0, 0.1) is 11.8 Å². The zero-order chi connectivity index (χ0) is 16.4. The van der Waals surface area contributed by atoms with E-state index < -0.39 is 41.4 Å². The van der Waals surface area contributed by atoms with Gasteiger partial charge in [0.05, 0.1) is 12.7 Å². The van der Waals surface area contributed by atoms with Crippen LogP contribution in [0.1, 0.15) is 11.5 Å². The first-order valence-electron chi connectivity index (χ1n) is 6.73. The van der Waals surface area contributed by atoms with Gasteiger partial charge in [0.2, 0.25) is 11.8 Å². The number of amides is 4. The molecule has 0 aliphatic carbocycles. The van der Waals surface area contributed by atoms with Crippen LogP contribution >= 0.6 is 0 Å². The molecule has 3 heterocycles. The third kappa shape index (κ3) is 2.63. The molecule has 0 aromatic carbocycles. The Hall–Kier alpha value is -3.23. The molecule has 2 aliphatic heterocycles. The van der Waals surface area contributed by atoms with E-state index in [-0.39, 0.29) is 0 Å². The summed E-state index contributed by atoms with van der Waals surface area (Å²) in [6.45, 7) is 0. The number of nitrogens with one attached hydrogen (secondary N) is 2. The number of carbonyl (C=O) groups is 4. The lowest BCUT2D eigenvalue weighted by molar-refractivity contribution is -0.139. The maximum atomic E-state index is 12.2. The van der Waals surface area contributed by atoms with Crippen LogP contribution < -0.4 is 10.6 Å². The molecule has 2 atom stereocenters. The van der Waals surface area contributed by atoms with Crippen molar-refractivity contribution in [2.24, 2.45) is 21.8 Å². The molecule has 1 aromatic rings. The van der Waals surface area contributed by atoms with Crippen molar-refractivity contribution in [3.05, 3.63) is 30.1 Å². The maximum absolute atomic E-state index is 12.2. The van der Waals surface area contributed by atoms with Crippen LogP contribution in [0.3, 0.4) is 0 Å². The minimum Gasteiger partial charge on any atom is -0.316 e. The largest absolute Gasteiger partial charge is 0.316 e. The number of aliphatic imine (C=N–C) groups is 2. The summed E-state index contributed by atoms with van der Waals surface area (Å²) >= 11 is 0. The second-order valence-electron chi connectivity index (χ2n) is 4.98. The predicted molar refractivity (Wildman–Crippen MR) is 77.2 cm³/mol. The summed E-state index contributed by atoms with van der Waals surface area (Å²) in [5, 5.41) is 4.66. The fourth-order valence-corrected chi connectivity index (χ4v) is 2.67. The average Bonchev–Trinajstić information content (AvgIpc) is 2.53. The molecule has 9 nitrogen and oxygen atoms in total. The third-order valence-electron chi connectivity index (χ3n) is 3.68. The summed E-state index contributed by atoms with van der Waals surface area (Å²) in [5.74, 6) is -6.37.